The molecule has 3 aromatic rings. The van der Waals surface area contributed by atoms with Crippen molar-refractivity contribution >= 4 is 21.6 Å². The van der Waals surface area contributed by atoms with Crippen molar-refractivity contribution in [2.45, 2.75) is 4.90 Å². The van der Waals surface area contributed by atoms with Gasteiger partial charge in [0.15, 0.2) is 0 Å². The molecule has 196 valence electrons. The van der Waals surface area contributed by atoms with E-state index in [2.05, 4.69) is 10.5 Å². The Bertz CT molecular complexity index is 1300. The molecule has 0 saturated heterocycles. The Labute approximate surface area is 215 Å². The van der Waals surface area contributed by atoms with Gasteiger partial charge in [-0.1, -0.05) is 30.3 Å². The molecule has 0 aromatic heterocycles. The number of hydrazone groups is 1. The molecule has 0 unspecified atom stereocenters. The van der Waals surface area contributed by atoms with Crippen LogP contribution in [0.4, 0.5) is 0 Å². The molecule has 37 heavy (non-hydrogen) atoms. The first-order chi connectivity index (χ1) is 17.8. The van der Waals surface area contributed by atoms with Crippen LogP contribution >= 0.6 is 0 Å². The van der Waals surface area contributed by atoms with E-state index in [9.17, 15) is 23.4 Å². The highest BCUT2D eigenvalue weighted by atomic mass is 32.2. The van der Waals surface area contributed by atoms with Crippen LogP contribution < -0.4 is 5.43 Å². The van der Waals surface area contributed by atoms with Gasteiger partial charge in [0.1, 0.15) is 17.2 Å². The molecule has 3 rings (SSSR count). The summed E-state index contributed by atoms with van der Waals surface area (Å²) in [6, 6.07) is 18.3. The molecule has 0 bridgehead atoms. The number of hydrogen-bond acceptors (Lipinski definition) is 8. The average Bonchev–Trinajstić information content (AvgIpc) is 2.90. The third-order valence-electron chi connectivity index (χ3n) is 5.41. The monoisotopic (exact) mass is 527 g/mol. The predicted octanol–water partition coefficient (Wildman–Crippen LogP) is 2.56. The quantitative estimate of drug-likeness (QED) is 0.243. The van der Waals surface area contributed by atoms with Crippen LogP contribution in [0.15, 0.2) is 82.8 Å². The second-order valence-corrected chi connectivity index (χ2v) is 9.79. The Balaban J connectivity index is 1.93. The van der Waals surface area contributed by atoms with Crippen molar-refractivity contribution in [1.82, 2.24) is 9.73 Å². The maximum atomic E-state index is 13.2. The lowest BCUT2D eigenvalue weighted by Crippen LogP contribution is -2.36. The van der Waals surface area contributed by atoms with Gasteiger partial charge in [-0.05, 0) is 42.5 Å². The van der Waals surface area contributed by atoms with E-state index >= 15 is 0 Å². The second kappa shape index (κ2) is 13.0. The molecule has 0 radical (unpaired) electrons. The van der Waals surface area contributed by atoms with Gasteiger partial charge in [0.05, 0.1) is 18.1 Å². The molecule has 11 heteroatoms. The Kier molecular flexibility index (Phi) is 9.75. The normalized spacial score (nSPS) is 11.3. The standard InChI is InChI=1S/C26H29N3O7S/c1-35-16-14-29(15-17-36-2)37(33,34)20-9-7-8-19(18-20)26(32)28-27-25(21-10-3-5-12-23(21)30)22-11-4-6-13-24(22)31/h3-13,18,30-31H,14-17H2,1-2H3,(H,28,32). The van der Waals surface area contributed by atoms with Gasteiger partial charge in [-0.15, -0.1) is 0 Å². The van der Waals surface area contributed by atoms with E-state index in [1.807, 2.05) is 0 Å². The smallest absolute Gasteiger partial charge is 0.271 e. The van der Waals surface area contributed by atoms with Gasteiger partial charge >= 0.3 is 0 Å². The van der Waals surface area contributed by atoms with Crippen molar-refractivity contribution in [3.8, 4) is 11.5 Å². The zero-order valence-corrected chi connectivity index (χ0v) is 21.3. The van der Waals surface area contributed by atoms with E-state index in [-0.39, 0.29) is 65.1 Å². The number of hydrogen-bond donors (Lipinski definition) is 3. The lowest BCUT2D eigenvalue weighted by Gasteiger charge is -2.21. The minimum atomic E-state index is -3.94. The number of phenolic OH excluding ortho intramolecular Hbond substituents is 2. The van der Waals surface area contributed by atoms with Gasteiger partial charge in [-0.25, -0.2) is 13.8 Å². The van der Waals surface area contributed by atoms with Gasteiger partial charge in [0.25, 0.3) is 5.91 Å². The minimum absolute atomic E-state index is 0.0529. The number of ether oxygens (including phenoxy) is 2. The van der Waals surface area contributed by atoms with Crippen LogP contribution in [0.5, 0.6) is 11.5 Å². The van der Waals surface area contributed by atoms with Crippen molar-refractivity contribution in [3.05, 3.63) is 89.5 Å². The summed E-state index contributed by atoms with van der Waals surface area (Å²) in [5.41, 5.74) is 3.15. The molecule has 3 aromatic carbocycles. The molecule has 0 spiro atoms. The van der Waals surface area contributed by atoms with Crippen LogP contribution in [-0.2, 0) is 19.5 Å². The lowest BCUT2D eigenvalue weighted by atomic mass is 10.0. The van der Waals surface area contributed by atoms with Crippen LogP contribution in [0.3, 0.4) is 0 Å². The third-order valence-corrected chi connectivity index (χ3v) is 7.31. The number of aromatic hydroxyl groups is 2. The first-order valence-electron chi connectivity index (χ1n) is 11.3. The number of rotatable bonds is 12. The highest BCUT2D eigenvalue weighted by Crippen LogP contribution is 2.25. The summed E-state index contributed by atoms with van der Waals surface area (Å²) in [4.78, 5) is 12.9. The molecule has 0 atom stereocenters. The summed E-state index contributed by atoms with van der Waals surface area (Å²) in [5, 5.41) is 24.9. The Morgan fingerprint density at radius 2 is 1.41 bits per heavy atom. The van der Waals surface area contributed by atoms with Gasteiger partial charge in [-0.2, -0.15) is 9.41 Å². The van der Waals surface area contributed by atoms with E-state index < -0.39 is 15.9 Å². The van der Waals surface area contributed by atoms with Gasteiger partial charge < -0.3 is 19.7 Å². The molecular formula is C26H29N3O7S. The van der Waals surface area contributed by atoms with Crippen molar-refractivity contribution in [2.75, 3.05) is 40.5 Å². The Morgan fingerprint density at radius 1 is 0.865 bits per heavy atom. The summed E-state index contributed by atoms with van der Waals surface area (Å²) >= 11 is 0. The van der Waals surface area contributed by atoms with Crippen molar-refractivity contribution in [1.29, 1.82) is 0 Å². The fourth-order valence-electron chi connectivity index (χ4n) is 3.47. The first kappa shape index (κ1) is 27.8. The molecule has 1 amide bonds. The number of nitrogens with one attached hydrogen (secondary N) is 1. The Morgan fingerprint density at radius 3 is 1.92 bits per heavy atom. The van der Waals surface area contributed by atoms with E-state index in [0.717, 1.165) is 0 Å². The topological polar surface area (TPSA) is 138 Å². The Hall–Kier alpha value is -3.77. The predicted molar refractivity (Wildman–Crippen MR) is 138 cm³/mol. The number of phenols is 2. The molecule has 3 N–H and O–H groups in total. The number of carbonyl (C=O) groups is 1. The zero-order chi connectivity index (χ0) is 26.8. The fraction of sp³-hybridized carbons (Fsp3) is 0.231. The SMILES string of the molecule is COCCN(CCOC)S(=O)(=O)c1cccc(C(=O)NN=C(c2ccccc2O)c2ccccc2O)c1. The molecular weight excluding hydrogens is 498 g/mol. The molecule has 0 fully saturated rings. The van der Waals surface area contributed by atoms with Crippen LogP contribution in [-0.4, -0.2) is 75.1 Å². The number of carbonyl (C=O) groups excluding carboxylic acids is 1. The number of para-hydroxylation sites is 2. The van der Waals surface area contributed by atoms with Crippen LogP contribution in [0.2, 0.25) is 0 Å². The zero-order valence-electron chi connectivity index (χ0n) is 20.5. The van der Waals surface area contributed by atoms with Crippen molar-refractivity contribution < 1.29 is 32.9 Å². The molecule has 0 saturated carbocycles. The minimum Gasteiger partial charge on any atom is -0.507 e. The molecule has 0 aliphatic carbocycles. The van der Waals surface area contributed by atoms with Crippen LogP contribution in [0.25, 0.3) is 0 Å². The number of nitrogens with zero attached hydrogens (tertiary/aromatic N) is 2. The largest absolute Gasteiger partial charge is 0.507 e. The maximum Gasteiger partial charge on any atom is 0.271 e. The molecule has 0 heterocycles. The summed E-state index contributed by atoms with van der Waals surface area (Å²) < 4.78 is 37.7. The summed E-state index contributed by atoms with van der Waals surface area (Å²) in [5.74, 6) is -0.876. The maximum absolute atomic E-state index is 13.2. The van der Waals surface area contributed by atoms with Gasteiger partial charge in [0, 0.05) is 44.0 Å². The van der Waals surface area contributed by atoms with Crippen LogP contribution in [0.1, 0.15) is 21.5 Å². The number of methoxy groups -OCH3 is 2. The van der Waals surface area contributed by atoms with E-state index in [0.29, 0.717) is 0 Å². The number of benzene rings is 3. The highest BCUT2D eigenvalue weighted by molar-refractivity contribution is 7.89. The number of sulfonamides is 1. The van der Waals surface area contributed by atoms with Gasteiger partial charge in [0.2, 0.25) is 10.0 Å². The van der Waals surface area contributed by atoms with Crippen LogP contribution in [0, 0.1) is 0 Å². The molecule has 0 aliphatic heterocycles. The van der Waals surface area contributed by atoms with Crippen molar-refractivity contribution in [3.63, 3.8) is 0 Å². The van der Waals surface area contributed by atoms with Crippen molar-refractivity contribution in [2.24, 2.45) is 5.10 Å². The van der Waals surface area contributed by atoms with E-state index in [1.165, 1.54) is 54.9 Å². The number of amides is 1. The van der Waals surface area contributed by atoms with E-state index in [1.54, 1.807) is 36.4 Å². The summed E-state index contributed by atoms with van der Waals surface area (Å²) in [6.45, 7) is 0.624. The lowest BCUT2D eigenvalue weighted by molar-refractivity contribution is 0.0954. The van der Waals surface area contributed by atoms with E-state index in [4.69, 9.17) is 9.47 Å². The molecule has 10 nitrogen and oxygen atoms in total. The first-order valence-corrected chi connectivity index (χ1v) is 12.8. The fourth-order valence-corrected chi connectivity index (χ4v) is 4.92. The third kappa shape index (κ3) is 6.92. The second-order valence-electron chi connectivity index (χ2n) is 7.85. The summed E-state index contributed by atoms with van der Waals surface area (Å²) in [7, 11) is -0.984. The average molecular weight is 528 g/mol. The molecule has 0 aliphatic rings. The summed E-state index contributed by atoms with van der Waals surface area (Å²) in [6.07, 6.45) is 0. The van der Waals surface area contributed by atoms with Gasteiger partial charge in [-0.3, -0.25) is 4.79 Å². The highest BCUT2D eigenvalue weighted by Gasteiger charge is 2.25.